The number of esters is 3. The van der Waals surface area contributed by atoms with E-state index in [9.17, 15) is 14.4 Å². The molecule has 6 heteroatoms. The monoisotopic (exact) mass is 346 g/mol. The molecule has 4 bridgehead atoms. The van der Waals surface area contributed by atoms with Gasteiger partial charge < -0.3 is 14.2 Å². The molecule has 134 valence electrons. The van der Waals surface area contributed by atoms with E-state index in [-0.39, 0.29) is 30.1 Å². The average Bonchev–Trinajstić information content (AvgIpc) is 3.24. The fourth-order valence-electron chi connectivity index (χ4n) is 9.95. The van der Waals surface area contributed by atoms with Crippen LogP contribution in [0.4, 0.5) is 0 Å². The zero-order valence-electron chi connectivity index (χ0n) is 14.6. The van der Waals surface area contributed by atoms with Crippen molar-refractivity contribution in [3.63, 3.8) is 0 Å². The Hall–Kier alpha value is -1.59. The van der Waals surface area contributed by atoms with Crippen molar-refractivity contribution in [2.24, 2.45) is 64.1 Å². The number of hydrogen-bond acceptors (Lipinski definition) is 6. The lowest BCUT2D eigenvalue weighted by molar-refractivity contribution is -0.182. The van der Waals surface area contributed by atoms with E-state index in [2.05, 4.69) is 0 Å². The first-order chi connectivity index (χ1) is 12.0. The van der Waals surface area contributed by atoms with Crippen molar-refractivity contribution in [3.05, 3.63) is 0 Å². The molecule has 0 spiro atoms. The Morgan fingerprint density at radius 1 is 0.800 bits per heavy atom. The van der Waals surface area contributed by atoms with Crippen molar-refractivity contribution >= 4 is 17.9 Å². The van der Waals surface area contributed by atoms with Gasteiger partial charge in [-0.2, -0.15) is 0 Å². The number of hydrogen-bond donors (Lipinski definition) is 0. The fraction of sp³-hybridized carbons (Fsp3) is 0.842. The molecule has 10 atom stereocenters. The normalized spacial score (nSPS) is 55.6. The van der Waals surface area contributed by atoms with E-state index in [0.29, 0.717) is 35.5 Å². The summed E-state index contributed by atoms with van der Waals surface area (Å²) in [4.78, 5) is 38.7. The molecule has 7 fully saturated rings. The SMILES string of the molecule is COC(=O)C[C@@]12C3C4C5C[C@@H]6C4C3C(C6C51)C2(C(=O)OC)C(=O)OC. The molecule has 7 aliphatic carbocycles. The topological polar surface area (TPSA) is 78.9 Å². The van der Waals surface area contributed by atoms with Gasteiger partial charge in [0.1, 0.15) is 0 Å². The van der Waals surface area contributed by atoms with Crippen LogP contribution < -0.4 is 0 Å². The number of carbonyl (C=O) groups excluding carboxylic acids is 3. The molecule has 0 aliphatic heterocycles. The van der Waals surface area contributed by atoms with Gasteiger partial charge in [-0.3, -0.25) is 14.4 Å². The summed E-state index contributed by atoms with van der Waals surface area (Å²) in [5.74, 6) is 2.41. The number of ether oxygens (including phenoxy) is 3. The van der Waals surface area contributed by atoms with Crippen molar-refractivity contribution in [1.29, 1.82) is 0 Å². The Morgan fingerprint density at radius 2 is 1.48 bits per heavy atom. The molecule has 0 radical (unpaired) electrons. The van der Waals surface area contributed by atoms with Crippen molar-refractivity contribution in [1.82, 2.24) is 0 Å². The van der Waals surface area contributed by atoms with Gasteiger partial charge in [0.25, 0.3) is 0 Å². The van der Waals surface area contributed by atoms with Gasteiger partial charge in [0.2, 0.25) is 0 Å². The highest BCUT2D eigenvalue weighted by Gasteiger charge is 3.00. The standard InChI is InChI=1S/C19H22O6/c1-23-8(20)5-18-13-7-4-6-9-10(7)14(18)12(9)15(11(6)13)19(18,16(21)24-2)17(22)25-3/h6-7,9-15H,4-5H2,1-3H3/t6-,7?,9?,10?,11?,12?,13?,14?,15?,18+/m1/s1. The highest BCUT2D eigenvalue weighted by Crippen LogP contribution is 2.99. The summed E-state index contributed by atoms with van der Waals surface area (Å²) in [5, 5.41) is 0. The first-order valence-corrected chi connectivity index (χ1v) is 9.26. The molecule has 7 saturated carbocycles. The van der Waals surface area contributed by atoms with Gasteiger partial charge in [0.15, 0.2) is 5.41 Å². The van der Waals surface area contributed by atoms with Gasteiger partial charge >= 0.3 is 17.9 Å². The molecule has 0 amide bonds. The van der Waals surface area contributed by atoms with E-state index in [1.54, 1.807) is 0 Å². The van der Waals surface area contributed by atoms with Crippen LogP contribution in [0.2, 0.25) is 0 Å². The Balaban J connectivity index is 1.63. The highest BCUT2D eigenvalue weighted by molar-refractivity contribution is 6.04. The van der Waals surface area contributed by atoms with Crippen molar-refractivity contribution in [3.8, 4) is 0 Å². The van der Waals surface area contributed by atoms with Gasteiger partial charge in [0, 0.05) is 5.41 Å². The van der Waals surface area contributed by atoms with Crippen LogP contribution in [-0.4, -0.2) is 39.2 Å². The number of carbonyl (C=O) groups is 3. The predicted octanol–water partition coefficient (Wildman–Crippen LogP) is 0.886. The van der Waals surface area contributed by atoms with Crippen LogP contribution in [0, 0.1) is 64.1 Å². The molecule has 0 N–H and O–H groups in total. The minimum absolute atomic E-state index is 0.00851. The van der Waals surface area contributed by atoms with E-state index < -0.39 is 22.8 Å². The van der Waals surface area contributed by atoms with Crippen LogP contribution in [0.25, 0.3) is 0 Å². The molecule has 7 rings (SSSR count). The van der Waals surface area contributed by atoms with Crippen LogP contribution >= 0.6 is 0 Å². The summed E-state index contributed by atoms with van der Waals surface area (Å²) in [7, 11) is 4.06. The Morgan fingerprint density at radius 3 is 2.08 bits per heavy atom. The van der Waals surface area contributed by atoms with Gasteiger partial charge in [-0.1, -0.05) is 0 Å². The lowest BCUT2D eigenvalue weighted by Gasteiger charge is -2.48. The van der Waals surface area contributed by atoms with Gasteiger partial charge in [-0.25, -0.2) is 0 Å². The van der Waals surface area contributed by atoms with Crippen LogP contribution in [0.3, 0.4) is 0 Å². The molecular weight excluding hydrogens is 324 g/mol. The van der Waals surface area contributed by atoms with Gasteiger partial charge in [0.05, 0.1) is 27.8 Å². The third-order valence-electron chi connectivity index (χ3n) is 9.55. The van der Waals surface area contributed by atoms with Crippen LogP contribution in [0.1, 0.15) is 12.8 Å². The van der Waals surface area contributed by atoms with E-state index >= 15 is 0 Å². The largest absolute Gasteiger partial charge is 0.469 e. The zero-order chi connectivity index (χ0) is 17.5. The fourth-order valence-corrected chi connectivity index (χ4v) is 9.95. The molecule has 0 saturated heterocycles. The summed E-state index contributed by atoms with van der Waals surface area (Å²) in [6, 6.07) is 0. The number of rotatable bonds is 4. The molecule has 0 aromatic carbocycles. The van der Waals surface area contributed by atoms with Crippen LogP contribution in [0.15, 0.2) is 0 Å². The first-order valence-electron chi connectivity index (χ1n) is 9.26. The first kappa shape index (κ1) is 14.6. The van der Waals surface area contributed by atoms with Gasteiger partial charge in [-0.15, -0.1) is 0 Å². The Labute approximate surface area is 145 Å². The molecule has 0 heterocycles. The molecule has 7 aliphatic rings. The maximum absolute atomic E-state index is 13.2. The summed E-state index contributed by atoms with van der Waals surface area (Å²) in [6.07, 6.45) is 1.36. The maximum Gasteiger partial charge on any atom is 0.324 e. The van der Waals surface area contributed by atoms with Gasteiger partial charge in [-0.05, 0) is 59.7 Å². The lowest BCUT2D eigenvalue weighted by atomic mass is 9.54. The molecule has 6 nitrogen and oxygen atoms in total. The minimum atomic E-state index is -1.31. The highest BCUT2D eigenvalue weighted by atomic mass is 16.5. The van der Waals surface area contributed by atoms with E-state index in [1.807, 2.05) is 0 Å². The van der Waals surface area contributed by atoms with E-state index in [4.69, 9.17) is 14.2 Å². The maximum atomic E-state index is 13.2. The van der Waals surface area contributed by atoms with Crippen molar-refractivity contribution in [2.45, 2.75) is 12.8 Å². The second kappa shape index (κ2) is 3.89. The molecule has 25 heavy (non-hydrogen) atoms. The molecule has 8 unspecified atom stereocenters. The van der Waals surface area contributed by atoms with Crippen molar-refractivity contribution in [2.75, 3.05) is 21.3 Å². The van der Waals surface area contributed by atoms with E-state index in [0.717, 1.165) is 0 Å². The average molecular weight is 346 g/mol. The van der Waals surface area contributed by atoms with Crippen LogP contribution in [0.5, 0.6) is 0 Å². The second-order valence-electron chi connectivity index (χ2n) is 9.03. The summed E-state index contributed by atoms with van der Waals surface area (Å²) >= 11 is 0. The van der Waals surface area contributed by atoms with Crippen LogP contribution in [-0.2, 0) is 28.6 Å². The second-order valence-corrected chi connectivity index (χ2v) is 9.03. The Kier molecular flexibility index (Phi) is 2.26. The quantitative estimate of drug-likeness (QED) is 0.427. The third-order valence-corrected chi connectivity index (χ3v) is 9.55. The molecule has 0 aromatic rings. The summed E-state index contributed by atoms with van der Waals surface area (Å²) < 4.78 is 15.4. The predicted molar refractivity (Wildman–Crippen MR) is 81.6 cm³/mol. The zero-order valence-corrected chi connectivity index (χ0v) is 14.6. The summed E-state index contributed by atoms with van der Waals surface area (Å²) in [6.45, 7) is 0. The van der Waals surface area contributed by atoms with Crippen molar-refractivity contribution < 1.29 is 28.6 Å². The Bertz CT molecular complexity index is 728. The smallest absolute Gasteiger partial charge is 0.324 e. The van der Waals surface area contributed by atoms with E-state index in [1.165, 1.54) is 27.8 Å². The molecule has 0 aromatic heterocycles. The minimum Gasteiger partial charge on any atom is -0.469 e. The lowest BCUT2D eigenvalue weighted by Crippen LogP contribution is -2.54. The third kappa shape index (κ3) is 1.00. The number of methoxy groups -OCH3 is 3. The molecular formula is C19H22O6. The summed E-state index contributed by atoms with van der Waals surface area (Å²) in [5.41, 5.74) is -1.97.